The number of carbonyl (C=O) groups is 1. The van der Waals surface area contributed by atoms with Gasteiger partial charge in [-0.25, -0.2) is 4.79 Å². The number of carboxylic acids is 1. The molecule has 1 saturated heterocycles. The van der Waals surface area contributed by atoms with Gasteiger partial charge in [0.05, 0.1) is 6.10 Å². The summed E-state index contributed by atoms with van der Waals surface area (Å²) in [6.45, 7) is 3.36. The van der Waals surface area contributed by atoms with Gasteiger partial charge in [-0.2, -0.15) is 0 Å². The molecule has 1 fully saturated rings. The van der Waals surface area contributed by atoms with E-state index < -0.39 is 12.1 Å². The van der Waals surface area contributed by atoms with Crippen LogP contribution in [0.15, 0.2) is 0 Å². The minimum atomic E-state index is -0.888. The van der Waals surface area contributed by atoms with Gasteiger partial charge in [0.2, 0.25) is 0 Å². The van der Waals surface area contributed by atoms with Crippen molar-refractivity contribution in [2.75, 3.05) is 13.1 Å². The number of ether oxygens (including phenoxy) is 1. The normalized spacial score (nSPS) is 26.6. The SMILES string of the molecule is C[C@@H](O[C@H]1CCCNC1)C(=O)O. The molecule has 0 amide bonds. The average molecular weight is 173 g/mol. The summed E-state index contributed by atoms with van der Waals surface area (Å²) in [4.78, 5) is 10.4. The summed E-state index contributed by atoms with van der Waals surface area (Å²) in [5, 5.41) is 11.7. The van der Waals surface area contributed by atoms with Gasteiger partial charge in [-0.1, -0.05) is 0 Å². The molecule has 2 atom stereocenters. The van der Waals surface area contributed by atoms with Crippen molar-refractivity contribution < 1.29 is 14.6 Å². The molecule has 0 bridgehead atoms. The quantitative estimate of drug-likeness (QED) is 0.641. The van der Waals surface area contributed by atoms with Crippen LogP contribution < -0.4 is 5.32 Å². The van der Waals surface area contributed by atoms with E-state index in [9.17, 15) is 4.79 Å². The van der Waals surface area contributed by atoms with Crippen molar-refractivity contribution in [2.24, 2.45) is 0 Å². The predicted molar refractivity (Wildman–Crippen MR) is 44.1 cm³/mol. The third-order valence-electron chi connectivity index (χ3n) is 2.00. The lowest BCUT2D eigenvalue weighted by Gasteiger charge is -2.24. The van der Waals surface area contributed by atoms with Crippen molar-refractivity contribution in [3.63, 3.8) is 0 Å². The Morgan fingerprint density at radius 2 is 2.50 bits per heavy atom. The van der Waals surface area contributed by atoms with Crippen LogP contribution >= 0.6 is 0 Å². The molecule has 1 aliphatic heterocycles. The van der Waals surface area contributed by atoms with Gasteiger partial charge >= 0.3 is 5.97 Å². The van der Waals surface area contributed by atoms with Gasteiger partial charge in [-0.05, 0) is 26.3 Å². The number of nitrogens with one attached hydrogen (secondary N) is 1. The first-order chi connectivity index (χ1) is 5.70. The van der Waals surface area contributed by atoms with Crippen LogP contribution in [-0.4, -0.2) is 36.4 Å². The molecule has 4 nitrogen and oxygen atoms in total. The summed E-state index contributed by atoms with van der Waals surface area (Å²) in [7, 11) is 0. The van der Waals surface area contributed by atoms with Crippen molar-refractivity contribution >= 4 is 5.97 Å². The fraction of sp³-hybridized carbons (Fsp3) is 0.875. The van der Waals surface area contributed by atoms with Gasteiger partial charge in [0.1, 0.15) is 0 Å². The second-order valence-electron chi connectivity index (χ2n) is 3.08. The monoisotopic (exact) mass is 173 g/mol. The fourth-order valence-electron chi connectivity index (χ4n) is 1.28. The van der Waals surface area contributed by atoms with Crippen LogP contribution in [0.4, 0.5) is 0 Å². The molecule has 12 heavy (non-hydrogen) atoms. The Balaban J connectivity index is 2.24. The van der Waals surface area contributed by atoms with E-state index in [1.54, 1.807) is 6.92 Å². The lowest BCUT2D eigenvalue weighted by molar-refractivity contribution is -0.153. The smallest absolute Gasteiger partial charge is 0.332 e. The highest BCUT2D eigenvalue weighted by Gasteiger charge is 2.19. The molecular formula is C8H15NO3. The van der Waals surface area contributed by atoms with E-state index in [0.29, 0.717) is 0 Å². The molecule has 0 aromatic rings. The highest BCUT2D eigenvalue weighted by atomic mass is 16.5. The molecule has 0 unspecified atom stereocenters. The van der Waals surface area contributed by atoms with Gasteiger partial charge in [0.15, 0.2) is 6.10 Å². The molecule has 1 rings (SSSR count). The zero-order valence-electron chi connectivity index (χ0n) is 7.25. The first-order valence-electron chi connectivity index (χ1n) is 4.29. The Morgan fingerprint density at radius 3 is 3.00 bits per heavy atom. The van der Waals surface area contributed by atoms with Crippen LogP contribution in [0.1, 0.15) is 19.8 Å². The third kappa shape index (κ3) is 2.79. The number of hydrogen-bond donors (Lipinski definition) is 2. The number of aliphatic carboxylic acids is 1. The topological polar surface area (TPSA) is 58.6 Å². The second kappa shape index (κ2) is 4.42. The molecule has 0 aliphatic carbocycles. The maximum atomic E-state index is 10.4. The number of hydrogen-bond acceptors (Lipinski definition) is 3. The Morgan fingerprint density at radius 1 is 1.75 bits per heavy atom. The van der Waals surface area contributed by atoms with Crippen LogP contribution in [0, 0.1) is 0 Å². The molecule has 0 aromatic heterocycles. The molecule has 4 heteroatoms. The van der Waals surface area contributed by atoms with Crippen LogP contribution in [0.5, 0.6) is 0 Å². The Labute approximate surface area is 71.9 Å². The third-order valence-corrected chi connectivity index (χ3v) is 2.00. The number of carboxylic acid groups (broad SMARTS) is 1. The summed E-state index contributed by atoms with van der Waals surface area (Å²) >= 11 is 0. The highest BCUT2D eigenvalue weighted by Crippen LogP contribution is 2.08. The van der Waals surface area contributed by atoms with Crippen molar-refractivity contribution in [2.45, 2.75) is 32.0 Å². The summed E-state index contributed by atoms with van der Waals surface area (Å²) in [5.74, 6) is -0.888. The molecule has 0 saturated carbocycles. The second-order valence-corrected chi connectivity index (χ2v) is 3.08. The maximum absolute atomic E-state index is 10.4. The molecule has 0 spiro atoms. The van der Waals surface area contributed by atoms with Crippen LogP contribution in [0.25, 0.3) is 0 Å². The largest absolute Gasteiger partial charge is 0.479 e. The lowest BCUT2D eigenvalue weighted by Crippen LogP contribution is -2.38. The number of rotatable bonds is 3. The number of piperidine rings is 1. The standard InChI is InChI=1S/C8H15NO3/c1-6(8(10)11)12-7-3-2-4-9-5-7/h6-7,9H,2-5H2,1H3,(H,10,11)/t6-,7+/m1/s1. The first kappa shape index (κ1) is 9.48. The molecule has 1 aliphatic rings. The van der Waals surface area contributed by atoms with Gasteiger partial charge in [-0.15, -0.1) is 0 Å². The minimum absolute atomic E-state index is 0.0739. The van der Waals surface area contributed by atoms with Crippen LogP contribution in [-0.2, 0) is 9.53 Å². The van der Waals surface area contributed by atoms with E-state index >= 15 is 0 Å². The maximum Gasteiger partial charge on any atom is 0.332 e. The average Bonchev–Trinajstić information content (AvgIpc) is 2.06. The van der Waals surface area contributed by atoms with E-state index in [1.807, 2.05) is 0 Å². The Kier molecular flexibility index (Phi) is 3.49. The van der Waals surface area contributed by atoms with Gasteiger partial charge < -0.3 is 15.2 Å². The molecule has 70 valence electrons. The predicted octanol–water partition coefficient (Wildman–Crippen LogP) is 0.228. The zero-order chi connectivity index (χ0) is 8.97. The molecule has 0 aromatic carbocycles. The van der Waals surface area contributed by atoms with Gasteiger partial charge in [0, 0.05) is 6.54 Å². The van der Waals surface area contributed by atoms with E-state index in [1.165, 1.54) is 0 Å². The zero-order valence-corrected chi connectivity index (χ0v) is 7.25. The summed E-state index contributed by atoms with van der Waals surface area (Å²) in [6, 6.07) is 0. The summed E-state index contributed by atoms with van der Waals surface area (Å²) in [5.41, 5.74) is 0. The van der Waals surface area contributed by atoms with E-state index in [-0.39, 0.29) is 6.10 Å². The highest BCUT2D eigenvalue weighted by molar-refractivity contribution is 5.71. The van der Waals surface area contributed by atoms with E-state index in [4.69, 9.17) is 9.84 Å². The van der Waals surface area contributed by atoms with E-state index in [0.717, 1.165) is 25.9 Å². The fourth-order valence-corrected chi connectivity index (χ4v) is 1.28. The van der Waals surface area contributed by atoms with Crippen LogP contribution in [0.3, 0.4) is 0 Å². The molecular weight excluding hydrogens is 158 g/mol. The summed E-state index contributed by atoms with van der Waals surface area (Å²) < 4.78 is 5.29. The van der Waals surface area contributed by atoms with Crippen LogP contribution in [0.2, 0.25) is 0 Å². The molecule has 2 N–H and O–H groups in total. The van der Waals surface area contributed by atoms with Crippen molar-refractivity contribution in [3.05, 3.63) is 0 Å². The Hall–Kier alpha value is -0.610. The molecule has 1 heterocycles. The lowest BCUT2D eigenvalue weighted by atomic mass is 10.1. The van der Waals surface area contributed by atoms with Crippen molar-refractivity contribution in [1.29, 1.82) is 0 Å². The minimum Gasteiger partial charge on any atom is -0.479 e. The van der Waals surface area contributed by atoms with E-state index in [2.05, 4.69) is 5.32 Å². The van der Waals surface area contributed by atoms with Gasteiger partial charge in [-0.3, -0.25) is 0 Å². The van der Waals surface area contributed by atoms with Gasteiger partial charge in [0.25, 0.3) is 0 Å². The molecule has 0 radical (unpaired) electrons. The van der Waals surface area contributed by atoms with Crippen molar-refractivity contribution in [1.82, 2.24) is 5.32 Å². The Bertz CT molecular complexity index is 154. The van der Waals surface area contributed by atoms with Crippen molar-refractivity contribution in [3.8, 4) is 0 Å². The summed E-state index contributed by atoms with van der Waals surface area (Å²) in [6.07, 6.45) is 1.42. The first-order valence-corrected chi connectivity index (χ1v) is 4.29.